The Labute approximate surface area is 171 Å². The number of anilines is 1. The average molecular weight is 403 g/mol. The van der Waals surface area contributed by atoms with Crippen molar-refractivity contribution in [1.29, 1.82) is 0 Å². The quantitative estimate of drug-likeness (QED) is 0.636. The van der Waals surface area contributed by atoms with Crippen LogP contribution in [0.5, 0.6) is 0 Å². The van der Waals surface area contributed by atoms with Gasteiger partial charge in [0.15, 0.2) is 0 Å². The van der Waals surface area contributed by atoms with Gasteiger partial charge in [0.2, 0.25) is 11.8 Å². The van der Waals surface area contributed by atoms with Crippen molar-refractivity contribution in [3.8, 4) is 0 Å². The Bertz CT molecular complexity index is 767. The number of para-hydroxylation sites is 1. The molecule has 0 aliphatic heterocycles. The van der Waals surface area contributed by atoms with Crippen LogP contribution in [-0.4, -0.2) is 34.3 Å². The van der Waals surface area contributed by atoms with Crippen LogP contribution in [0.1, 0.15) is 52.4 Å². The normalized spacial score (nSPS) is 34.1. The molecular formula is C22H30N2O3S. The Morgan fingerprint density at radius 2 is 1.89 bits per heavy atom. The van der Waals surface area contributed by atoms with Gasteiger partial charge in [-0.2, -0.15) is 0 Å². The van der Waals surface area contributed by atoms with Gasteiger partial charge in [-0.25, -0.2) is 0 Å². The number of benzene rings is 1. The zero-order valence-electron chi connectivity index (χ0n) is 16.7. The summed E-state index contributed by atoms with van der Waals surface area (Å²) in [4.78, 5) is 24.9. The molecule has 0 saturated heterocycles. The maximum atomic E-state index is 12.7. The molecule has 1 aromatic carbocycles. The molecule has 0 radical (unpaired) electrons. The fourth-order valence-electron chi connectivity index (χ4n) is 6.26. The minimum Gasteiger partial charge on any atom is -0.390 e. The summed E-state index contributed by atoms with van der Waals surface area (Å²) in [5, 5.41) is 17.0. The summed E-state index contributed by atoms with van der Waals surface area (Å²) in [6, 6.07) is 7.62. The SMILES string of the molecule is CC(=O)Nc1ccccc1SCC(=O)NC(C)C12CC3CC(CC(O)(C3)C1)C2. The van der Waals surface area contributed by atoms with Crippen molar-refractivity contribution in [2.75, 3.05) is 11.1 Å². The maximum absolute atomic E-state index is 12.7. The third-order valence-electron chi connectivity index (χ3n) is 6.93. The maximum Gasteiger partial charge on any atom is 0.230 e. The molecule has 28 heavy (non-hydrogen) atoms. The third-order valence-corrected chi connectivity index (χ3v) is 8.00. The molecule has 0 spiro atoms. The molecular weight excluding hydrogens is 372 g/mol. The topological polar surface area (TPSA) is 78.4 Å². The van der Waals surface area contributed by atoms with Gasteiger partial charge < -0.3 is 15.7 Å². The van der Waals surface area contributed by atoms with Gasteiger partial charge in [-0.15, -0.1) is 11.8 Å². The summed E-state index contributed by atoms with van der Waals surface area (Å²) < 4.78 is 0. The van der Waals surface area contributed by atoms with E-state index in [1.54, 1.807) is 0 Å². The third kappa shape index (κ3) is 3.94. The predicted molar refractivity (Wildman–Crippen MR) is 111 cm³/mol. The van der Waals surface area contributed by atoms with Crippen molar-refractivity contribution in [3.63, 3.8) is 0 Å². The zero-order chi connectivity index (χ0) is 19.9. The summed E-state index contributed by atoms with van der Waals surface area (Å²) in [7, 11) is 0. The van der Waals surface area contributed by atoms with Crippen molar-refractivity contribution >= 4 is 29.3 Å². The van der Waals surface area contributed by atoms with E-state index >= 15 is 0 Å². The van der Waals surface area contributed by atoms with E-state index in [1.807, 2.05) is 24.3 Å². The monoisotopic (exact) mass is 402 g/mol. The summed E-state index contributed by atoms with van der Waals surface area (Å²) in [6.07, 6.45) is 6.23. The first-order chi connectivity index (χ1) is 13.3. The molecule has 0 heterocycles. The van der Waals surface area contributed by atoms with Crippen LogP contribution in [0.3, 0.4) is 0 Å². The first kappa shape index (κ1) is 19.8. The minimum atomic E-state index is -0.505. The number of hydrogen-bond acceptors (Lipinski definition) is 4. The van der Waals surface area contributed by atoms with Gasteiger partial charge in [-0.05, 0) is 74.8 Å². The van der Waals surface area contributed by atoms with Gasteiger partial charge in [0.05, 0.1) is 17.0 Å². The van der Waals surface area contributed by atoms with E-state index in [0.29, 0.717) is 17.6 Å². The highest BCUT2D eigenvalue weighted by molar-refractivity contribution is 8.00. The average Bonchev–Trinajstić information content (AvgIpc) is 2.58. The van der Waals surface area contributed by atoms with Crippen LogP contribution < -0.4 is 10.6 Å². The lowest BCUT2D eigenvalue weighted by atomic mass is 9.46. The van der Waals surface area contributed by atoms with E-state index in [-0.39, 0.29) is 23.3 Å². The Morgan fingerprint density at radius 3 is 2.54 bits per heavy atom. The van der Waals surface area contributed by atoms with E-state index in [9.17, 15) is 14.7 Å². The van der Waals surface area contributed by atoms with E-state index in [0.717, 1.165) is 42.7 Å². The molecule has 1 aromatic rings. The molecule has 3 N–H and O–H groups in total. The van der Waals surface area contributed by atoms with Crippen molar-refractivity contribution < 1.29 is 14.7 Å². The Balaban J connectivity index is 1.36. The minimum absolute atomic E-state index is 0.0119. The van der Waals surface area contributed by atoms with Crippen LogP contribution in [0.15, 0.2) is 29.2 Å². The number of aliphatic hydroxyl groups is 1. The first-order valence-electron chi connectivity index (χ1n) is 10.3. The first-order valence-corrected chi connectivity index (χ1v) is 11.3. The highest BCUT2D eigenvalue weighted by Gasteiger charge is 2.58. The molecule has 152 valence electrons. The Morgan fingerprint density at radius 1 is 1.21 bits per heavy atom. The number of rotatable bonds is 6. The van der Waals surface area contributed by atoms with Gasteiger partial charge in [0.25, 0.3) is 0 Å². The van der Waals surface area contributed by atoms with Gasteiger partial charge >= 0.3 is 0 Å². The molecule has 4 bridgehead atoms. The summed E-state index contributed by atoms with van der Waals surface area (Å²) in [6.45, 7) is 3.60. The summed E-state index contributed by atoms with van der Waals surface area (Å²) >= 11 is 1.44. The van der Waals surface area contributed by atoms with Crippen LogP contribution in [-0.2, 0) is 9.59 Å². The molecule has 3 unspecified atom stereocenters. The molecule has 5 nitrogen and oxygen atoms in total. The lowest BCUT2D eigenvalue weighted by Gasteiger charge is -2.62. The second-order valence-electron chi connectivity index (χ2n) is 9.30. The zero-order valence-corrected chi connectivity index (χ0v) is 17.5. The molecule has 0 aromatic heterocycles. The molecule has 4 saturated carbocycles. The fraction of sp³-hybridized carbons (Fsp3) is 0.636. The number of nitrogens with one attached hydrogen (secondary N) is 2. The summed E-state index contributed by atoms with van der Waals surface area (Å²) in [5.74, 6) is 1.44. The van der Waals surface area contributed by atoms with Crippen LogP contribution in [0.25, 0.3) is 0 Å². The molecule has 5 rings (SSSR count). The van der Waals surface area contributed by atoms with E-state index in [1.165, 1.54) is 25.1 Å². The molecule has 2 amide bonds. The number of carbonyl (C=O) groups is 2. The van der Waals surface area contributed by atoms with E-state index in [2.05, 4.69) is 17.6 Å². The van der Waals surface area contributed by atoms with E-state index in [4.69, 9.17) is 0 Å². The smallest absolute Gasteiger partial charge is 0.230 e. The van der Waals surface area contributed by atoms with Crippen LogP contribution in [0.4, 0.5) is 5.69 Å². The lowest BCUT2D eigenvalue weighted by molar-refractivity contribution is -0.173. The fourth-order valence-corrected chi connectivity index (χ4v) is 7.08. The standard InChI is InChI=1S/C22H30N2O3S/c1-14(21-8-16-7-17(9-21)11-22(27,10-16)13-21)23-20(26)12-28-19-6-4-3-5-18(19)24-15(2)25/h3-6,14,16-17,27H,7-13H2,1-2H3,(H,23,26)(H,24,25). The molecule has 4 aliphatic rings. The van der Waals surface area contributed by atoms with Crippen molar-refractivity contribution in [2.45, 2.75) is 68.9 Å². The predicted octanol–water partition coefficient (Wildman–Crippen LogP) is 3.57. The number of amides is 2. The Hall–Kier alpha value is -1.53. The number of hydrogen-bond donors (Lipinski definition) is 3. The van der Waals surface area contributed by atoms with Gasteiger partial charge in [0, 0.05) is 17.9 Å². The summed E-state index contributed by atoms with van der Waals surface area (Å²) in [5.41, 5.74) is 0.284. The molecule has 4 fully saturated rings. The highest BCUT2D eigenvalue weighted by atomic mass is 32.2. The number of carbonyl (C=O) groups excluding carboxylic acids is 2. The Kier molecular flexibility index (Phi) is 5.21. The second kappa shape index (κ2) is 7.38. The van der Waals surface area contributed by atoms with Crippen LogP contribution >= 0.6 is 11.8 Å². The molecule has 6 heteroatoms. The van der Waals surface area contributed by atoms with E-state index < -0.39 is 5.60 Å². The van der Waals surface area contributed by atoms with Gasteiger partial charge in [-0.3, -0.25) is 9.59 Å². The highest BCUT2D eigenvalue weighted by Crippen LogP contribution is 2.62. The van der Waals surface area contributed by atoms with Crippen LogP contribution in [0.2, 0.25) is 0 Å². The van der Waals surface area contributed by atoms with Gasteiger partial charge in [-0.1, -0.05) is 12.1 Å². The van der Waals surface area contributed by atoms with Crippen molar-refractivity contribution in [2.24, 2.45) is 17.3 Å². The largest absolute Gasteiger partial charge is 0.390 e. The molecule has 4 aliphatic carbocycles. The van der Waals surface area contributed by atoms with Crippen molar-refractivity contribution in [3.05, 3.63) is 24.3 Å². The molecule has 3 atom stereocenters. The lowest BCUT2D eigenvalue weighted by Crippen LogP contribution is -2.61. The second-order valence-corrected chi connectivity index (χ2v) is 10.3. The van der Waals surface area contributed by atoms with Crippen molar-refractivity contribution in [1.82, 2.24) is 5.32 Å². The van der Waals surface area contributed by atoms with Crippen LogP contribution in [0, 0.1) is 17.3 Å². The van der Waals surface area contributed by atoms with Gasteiger partial charge in [0.1, 0.15) is 0 Å². The number of thioether (sulfide) groups is 1.